The second-order valence-electron chi connectivity index (χ2n) is 9.49. The number of nitrogens with zero attached hydrogens (tertiary/aromatic N) is 2. The maximum absolute atomic E-state index is 12.4. The van der Waals surface area contributed by atoms with Crippen LogP contribution in [0, 0.1) is 6.92 Å². The fraction of sp³-hybridized carbons (Fsp3) is 0.276. The minimum atomic E-state index is -0.156. The number of aromatic amines is 1. The quantitative estimate of drug-likeness (QED) is 0.187. The fourth-order valence-electron chi connectivity index (χ4n) is 3.51. The zero-order valence-corrected chi connectivity index (χ0v) is 23.4. The van der Waals surface area contributed by atoms with Gasteiger partial charge in [0.15, 0.2) is 5.82 Å². The van der Waals surface area contributed by atoms with Gasteiger partial charge in [-0.25, -0.2) is 4.98 Å². The standard InChI is InChI=1S/C29H31ClN4O3S/c1-5-29(3,4)20-6-10-22(11-7-20)37-23-12-8-21(9-13-23)31-27(35)18-38-28-32-26(33-34-28)17-36-24-14-15-25(30)19(2)16-24/h6-16H,5,17-18H2,1-4H3,(H,31,35)(H,32,33,34). The maximum atomic E-state index is 12.4. The number of nitrogens with one attached hydrogen (secondary N) is 2. The number of carbonyl (C=O) groups excluding carboxylic acids is 1. The van der Waals surface area contributed by atoms with Crippen LogP contribution in [0.2, 0.25) is 5.02 Å². The van der Waals surface area contributed by atoms with Crippen molar-refractivity contribution in [3.05, 3.63) is 88.7 Å². The Kier molecular flexibility index (Phi) is 8.97. The largest absolute Gasteiger partial charge is 0.486 e. The minimum Gasteiger partial charge on any atom is -0.486 e. The Labute approximate surface area is 232 Å². The second kappa shape index (κ2) is 12.4. The van der Waals surface area contributed by atoms with Gasteiger partial charge >= 0.3 is 0 Å². The van der Waals surface area contributed by atoms with Crippen LogP contribution in [-0.2, 0) is 16.8 Å². The first-order valence-electron chi connectivity index (χ1n) is 12.3. The lowest BCUT2D eigenvalue weighted by atomic mass is 9.82. The summed E-state index contributed by atoms with van der Waals surface area (Å²) in [4.78, 5) is 16.8. The summed E-state index contributed by atoms with van der Waals surface area (Å²) in [5, 5.41) is 11.0. The van der Waals surface area contributed by atoms with Crippen molar-refractivity contribution in [2.75, 3.05) is 11.1 Å². The maximum Gasteiger partial charge on any atom is 0.234 e. The van der Waals surface area contributed by atoms with Crippen LogP contribution >= 0.6 is 23.4 Å². The van der Waals surface area contributed by atoms with Gasteiger partial charge in [-0.05, 0) is 84.5 Å². The molecule has 1 amide bonds. The Morgan fingerprint density at radius 3 is 2.34 bits per heavy atom. The number of H-pyrrole nitrogens is 1. The molecule has 198 valence electrons. The van der Waals surface area contributed by atoms with Crippen molar-refractivity contribution >= 4 is 35.0 Å². The molecule has 0 aliphatic heterocycles. The van der Waals surface area contributed by atoms with Crippen LogP contribution in [0.25, 0.3) is 0 Å². The molecule has 2 N–H and O–H groups in total. The van der Waals surface area contributed by atoms with E-state index in [1.807, 2.05) is 49.4 Å². The molecule has 7 nitrogen and oxygen atoms in total. The first-order valence-corrected chi connectivity index (χ1v) is 13.7. The number of carbonyl (C=O) groups is 1. The molecule has 9 heteroatoms. The van der Waals surface area contributed by atoms with E-state index in [0.29, 0.717) is 33.2 Å². The molecule has 0 radical (unpaired) electrons. The van der Waals surface area contributed by atoms with Gasteiger partial charge in [0, 0.05) is 10.7 Å². The molecule has 0 aliphatic carbocycles. The second-order valence-corrected chi connectivity index (χ2v) is 10.8. The summed E-state index contributed by atoms with van der Waals surface area (Å²) in [6.45, 7) is 8.80. The first-order chi connectivity index (χ1) is 18.2. The number of rotatable bonds is 11. The molecule has 1 aromatic heterocycles. The number of halogens is 1. The van der Waals surface area contributed by atoms with Gasteiger partial charge in [0.1, 0.15) is 23.9 Å². The van der Waals surface area contributed by atoms with Crippen LogP contribution in [0.1, 0.15) is 44.1 Å². The molecule has 0 fully saturated rings. The van der Waals surface area contributed by atoms with E-state index < -0.39 is 0 Å². The molecule has 0 aliphatic rings. The van der Waals surface area contributed by atoms with Gasteiger partial charge in [0.05, 0.1) is 5.75 Å². The van der Waals surface area contributed by atoms with Crippen molar-refractivity contribution in [3.63, 3.8) is 0 Å². The Morgan fingerprint density at radius 2 is 1.68 bits per heavy atom. The van der Waals surface area contributed by atoms with Crippen LogP contribution in [0.3, 0.4) is 0 Å². The third kappa shape index (κ3) is 7.52. The van der Waals surface area contributed by atoms with Gasteiger partial charge in [-0.3, -0.25) is 9.89 Å². The van der Waals surface area contributed by atoms with Crippen molar-refractivity contribution < 1.29 is 14.3 Å². The molecule has 0 bridgehead atoms. The minimum absolute atomic E-state index is 0.137. The van der Waals surface area contributed by atoms with E-state index in [9.17, 15) is 4.79 Å². The smallest absolute Gasteiger partial charge is 0.234 e. The summed E-state index contributed by atoms with van der Waals surface area (Å²) in [5.41, 5.74) is 3.04. The topological polar surface area (TPSA) is 89.1 Å². The average Bonchev–Trinajstić information content (AvgIpc) is 3.37. The third-order valence-electron chi connectivity index (χ3n) is 6.24. The number of hydrogen-bond acceptors (Lipinski definition) is 6. The van der Waals surface area contributed by atoms with E-state index >= 15 is 0 Å². The number of hydrogen-bond donors (Lipinski definition) is 2. The molecule has 3 aromatic carbocycles. The Morgan fingerprint density at radius 1 is 1.03 bits per heavy atom. The average molecular weight is 551 g/mol. The number of amides is 1. The van der Waals surface area contributed by atoms with E-state index in [1.54, 1.807) is 12.1 Å². The SMILES string of the molecule is CCC(C)(C)c1ccc(Oc2ccc(NC(=O)CSc3n[nH]c(COc4ccc(Cl)c(C)c4)n3)cc2)cc1. The predicted molar refractivity (Wildman–Crippen MR) is 153 cm³/mol. The van der Waals surface area contributed by atoms with Crippen LogP contribution in [-0.4, -0.2) is 26.8 Å². The number of benzene rings is 3. The van der Waals surface area contributed by atoms with Crippen LogP contribution in [0.4, 0.5) is 5.69 Å². The highest BCUT2D eigenvalue weighted by Gasteiger charge is 2.17. The summed E-state index contributed by atoms with van der Waals surface area (Å²) in [7, 11) is 0. The highest BCUT2D eigenvalue weighted by atomic mass is 35.5. The van der Waals surface area contributed by atoms with Crippen molar-refractivity contribution in [3.8, 4) is 17.2 Å². The van der Waals surface area contributed by atoms with Gasteiger partial charge in [-0.15, -0.1) is 5.10 Å². The fourth-order valence-corrected chi connectivity index (χ4v) is 4.25. The van der Waals surface area contributed by atoms with Gasteiger partial charge in [-0.1, -0.05) is 56.3 Å². The zero-order valence-electron chi connectivity index (χ0n) is 21.9. The predicted octanol–water partition coefficient (Wildman–Crippen LogP) is 7.56. The molecular weight excluding hydrogens is 520 g/mol. The van der Waals surface area contributed by atoms with Crippen LogP contribution < -0.4 is 14.8 Å². The van der Waals surface area contributed by atoms with Gasteiger partial charge in [0.25, 0.3) is 0 Å². The van der Waals surface area contributed by atoms with Gasteiger partial charge in [0.2, 0.25) is 11.1 Å². The first kappa shape index (κ1) is 27.5. The molecule has 4 aromatic rings. The summed E-state index contributed by atoms with van der Waals surface area (Å²) >= 11 is 7.28. The number of thioether (sulfide) groups is 1. The third-order valence-corrected chi connectivity index (χ3v) is 7.51. The van der Waals surface area contributed by atoms with E-state index in [4.69, 9.17) is 21.1 Å². The van der Waals surface area contributed by atoms with E-state index in [0.717, 1.165) is 17.7 Å². The summed E-state index contributed by atoms with van der Waals surface area (Å²) < 4.78 is 11.7. The molecule has 0 saturated carbocycles. The van der Waals surface area contributed by atoms with E-state index in [2.05, 4.69) is 53.4 Å². The van der Waals surface area contributed by atoms with Gasteiger partial charge in [-0.2, -0.15) is 0 Å². The monoisotopic (exact) mass is 550 g/mol. The number of ether oxygens (including phenoxy) is 2. The molecule has 4 rings (SSSR count). The number of anilines is 1. The Hall–Kier alpha value is -3.49. The van der Waals surface area contributed by atoms with Crippen molar-refractivity contribution in [2.24, 2.45) is 0 Å². The summed E-state index contributed by atoms with van der Waals surface area (Å²) in [6.07, 6.45) is 1.07. The normalized spacial score (nSPS) is 11.3. The lowest BCUT2D eigenvalue weighted by Crippen LogP contribution is -2.14. The molecule has 1 heterocycles. The zero-order chi connectivity index (χ0) is 27.1. The van der Waals surface area contributed by atoms with Crippen LogP contribution in [0.5, 0.6) is 17.2 Å². The number of aromatic nitrogens is 3. The molecule has 0 saturated heterocycles. The van der Waals surface area contributed by atoms with Crippen molar-refractivity contribution in [1.29, 1.82) is 0 Å². The molecule has 0 atom stereocenters. The summed E-state index contributed by atoms with van der Waals surface area (Å²) in [6, 6.07) is 20.9. The lowest BCUT2D eigenvalue weighted by molar-refractivity contribution is -0.113. The van der Waals surface area contributed by atoms with Crippen LogP contribution in [0.15, 0.2) is 71.9 Å². The molecule has 0 unspecified atom stereocenters. The molecule has 38 heavy (non-hydrogen) atoms. The number of aryl methyl sites for hydroxylation is 1. The van der Waals surface area contributed by atoms with E-state index in [1.165, 1.54) is 17.3 Å². The summed E-state index contributed by atoms with van der Waals surface area (Å²) in [5.74, 6) is 2.75. The Bertz CT molecular complexity index is 1370. The van der Waals surface area contributed by atoms with Crippen molar-refractivity contribution in [1.82, 2.24) is 15.2 Å². The highest BCUT2D eigenvalue weighted by Crippen LogP contribution is 2.30. The van der Waals surface area contributed by atoms with Crippen molar-refractivity contribution in [2.45, 2.75) is 51.3 Å². The highest BCUT2D eigenvalue weighted by molar-refractivity contribution is 7.99. The van der Waals surface area contributed by atoms with Gasteiger partial charge < -0.3 is 14.8 Å². The van der Waals surface area contributed by atoms with E-state index in [-0.39, 0.29) is 23.7 Å². The Balaban J connectivity index is 1.22. The lowest BCUT2D eigenvalue weighted by Gasteiger charge is -2.23. The molecular formula is C29H31ClN4O3S. The molecule has 0 spiro atoms.